The van der Waals surface area contributed by atoms with E-state index in [1.54, 1.807) is 23.6 Å². The zero-order chi connectivity index (χ0) is 22.1. The molecule has 0 saturated carbocycles. The second-order valence-electron chi connectivity index (χ2n) is 6.68. The van der Waals surface area contributed by atoms with Crippen LogP contribution in [0, 0.1) is 5.92 Å². The summed E-state index contributed by atoms with van der Waals surface area (Å²) >= 11 is 1.14. The van der Waals surface area contributed by atoms with E-state index < -0.39 is 24.5 Å². The van der Waals surface area contributed by atoms with Crippen molar-refractivity contribution in [2.75, 3.05) is 32.8 Å². The number of rotatable bonds is 10. The minimum atomic E-state index is -0.685. The second-order valence-corrected chi connectivity index (χ2v) is 7.59. The van der Waals surface area contributed by atoms with Gasteiger partial charge in [-0.3, -0.25) is 4.79 Å². The summed E-state index contributed by atoms with van der Waals surface area (Å²) in [5.41, 5.74) is 0.527. The number of esters is 2. The van der Waals surface area contributed by atoms with Crippen LogP contribution < -0.4 is 14.8 Å². The zero-order valence-electron chi connectivity index (χ0n) is 17.4. The minimum absolute atomic E-state index is 0.224. The fourth-order valence-electron chi connectivity index (χ4n) is 2.38. The predicted molar refractivity (Wildman–Crippen MR) is 113 cm³/mol. The third-order valence-electron chi connectivity index (χ3n) is 4.00. The average molecular weight is 435 g/mol. The highest BCUT2D eigenvalue weighted by Crippen LogP contribution is 2.29. The number of hydrogen-bond donors (Lipinski definition) is 1. The van der Waals surface area contributed by atoms with Crippen LogP contribution in [0.1, 0.15) is 40.3 Å². The quantitative estimate of drug-likeness (QED) is 0.567. The first-order chi connectivity index (χ1) is 14.3. The summed E-state index contributed by atoms with van der Waals surface area (Å²) in [5, 5.41) is 4.17. The molecule has 0 fully saturated rings. The third-order valence-corrected chi connectivity index (χ3v) is 4.89. The molecule has 8 nitrogen and oxygen atoms in total. The Hall–Kier alpha value is -3.07. The van der Waals surface area contributed by atoms with Gasteiger partial charge in [0.15, 0.2) is 18.1 Å². The molecule has 1 aromatic carbocycles. The molecule has 30 heavy (non-hydrogen) atoms. The average Bonchev–Trinajstić information content (AvgIpc) is 3.19. The summed E-state index contributed by atoms with van der Waals surface area (Å²) in [6.45, 7) is 4.23. The Morgan fingerprint density at radius 3 is 2.50 bits per heavy atom. The summed E-state index contributed by atoms with van der Waals surface area (Å²) in [4.78, 5) is 36.3. The van der Waals surface area contributed by atoms with E-state index in [1.807, 2.05) is 0 Å². The van der Waals surface area contributed by atoms with E-state index in [4.69, 9.17) is 14.2 Å². The van der Waals surface area contributed by atoms with E-state index in [-0.39, 0.29) is 10.4 Å². The van der Waals surface area contributed by atoms with Crippen molar-refractivity contribution in [1.29, 1.82) is 0 Å². The first-order valence-corrected chi connectivity index (χ1v) is 10.2. The Labute approximate surface area is 179 Å². The lowest BCUT2D eigenvalue weighted by molar-refractivity contribution is -0.119. The summed E-state index contributed by atoms with van der Waals surface area (Å²) in [5.74, 6) is -0.378. The van der Waals surface area contributed by atoms with Crippen molar-refractivity contribution >= 4 is 34.9 Å². The first-order valence-electron chi connectivity index (χ1n) is 9.29. The Kier molecular flexibility index (Phi) is 8.67. The molecule has 1 N–H and O–H groups in total. The van der Waals surface area contributed by atoms with Crippen LogP contribution in [0.2, 0.25) is 0 Å². The molecule has 1 amide bonds. The van der Waals surface area contributed by atoms with Gasteiger partial charge < -0.3 is 24.3 Å². The number of hydrogen-bond acceptors (Lipinski definition) is 8. The molecule has 1 heterocycles. The standard InChI is InChI=1S/C21H25NO7S/c1-13(2)7-9-28-16-6-5-14(11-17(16)26-3)20(24)29-12-18(23)22-15-8-10-30-19(15)21(25)27-4/h5-6,8,10-11,13H,7,9,12H2,1-4H3,(H,22,23). The van der Waals surface area contributed by atoms with Gasteiger partial charge in [0.2, 0.25) is 0 Å². The maximum absolute atomic E-state index is 12.3. The van der Waals surface area contributed by atoms with Crippen molar-refractivity contribution in [1.82, 2.24) is 0 Å². The van der Waals surface area contributed by atoms with Crippen molar-refractivity contribution in [3.05, 3.63) is 40.1 Å². The number of anilines is 1. The largest absolute Gasteiger partial charge is 0.493 e. The molecule has 0 unspecified atom stereocenters. The van der Waals surface area contributed by atoms with Crippen molar-refractivity contribution in [3.63, 3.8) is 0 Å². The van der Waals surface area contributed by atoms with Gasteiger partial charge >= 0.3 is 11.9 Å². The SMILES string of the molecule is COC(=O)c1sccc1NC(=O)COC(=O)c1ccc(OCCC(C)C)c(OC)c1. The lowest BCUT2D eigenvalue weighted by Gasteiger charge is -2.13. The van der Waals surface area contributed by atoms with Crippen LogP contribution in [-0.2, 0) is 14.3 Å². The van der Waals surface area contributed by atoms with E-state index in [0.29, 0.717) is 29.7 Å². The van der Waals surface area contributed by atoms with E-state index in [0.717, 1.165) is 17.8 Å². The Balaban J connectivity index is 1.93. The van der Waals surface area contributed by atoms with Crippen LogP contribution in [0.25, 0.3) is 0 Å². The van der Waals surface area contributed by atoms with Gasteiger partial charge in [-0.1, -0.05) is 13.8 Å². The summed E-state index contributed by atoms with van der Waals surface area (Å²) in [6.07, 6.45) is 0.893. The molecular weight excluding hydrogens is 410 g/mol. The normalized spacial score (nSPS) is 10.4. The number of nitrogens with one attached hydrogen (secondary N) is 1. The lowest BCUT2D eigenvalue weighted by atomic mass is 10.1. The predicted octanol–water partition coefficient (Wildman–Crippen LogP) is 3.76. The van der Waals surface area contributed by atoms with Crippen molar-refractivity contribution in [2.24, 2.45) is 5.92 Å². The molecule has 0 aliphatic rings. The third kappa shape index (κ3) is 6.48. The fourth-order valence-corrected chi connectivity index (χ4v) is 3.14. The molecule has 0 saturated heterocycles. The fraction of sp³-hybridized carbons (Fsp3) is 0.381. The number of carbonyl (C=O) groups is 3. The van der Waals surface area contributed by atoms with Gasteiger partial charge in [0, 0.05) is 0 Å². The highest BCUT2D eigenvalue weighted by Gasteiger charge is 2.18. The Morgan fingerprint density at radius 2 is 1.83 bits per heavy atom. The van der Waals surface area contributed by atoms with Crippen molar-refractivity contribution in [2.45, 2.75) is 20.3 Å². The molecule has 2 aromatic rings. The van der Waals surface area contributed by atoms with Crippen LogP contribution >= 0.6 is 11.3 Å². The monoisotopic (exact) mass is 435 g/mol. The van der Waals surface area contributed by atoms with Gasteiger partial charge in [0.1, 0.15) is 4.88 Å². The maximum atomic E-state index is 12.3. The van der Waals surface area contributed by atoms with Gasteiger partial charge in [-0.2, -0.15) is 0 Å². The highest BCUT2D eigenvalue weighted by molar-refractivity contribution is 7.12. The smallest absolute Gasteiger partial charge is 0.350 e. The van der Waals surface area contributed by atoms with Crippen molar-refractivity contribution < 1.29 is 33.3 Å². The second kappa shape index (κ2) is 11.2. The van der Waals surface area contributed by atoms with Crippen LogP contribution in [0.15, 0.2) is 29.6 Å². The number of amides is 1. The van der Waals surface area contributed by atoms with Gasteiger partial charge in [-0.15, -0.1) is 11.3 Å². The first kappa shape index (κ1) is 23.2. The molecule has 2 rings (SSSR count). The molecule has 0 atom stereocenters. The number of thiophene rings is 1. The molecule has 0 aliphatic carbocycles. The molecular formula is C21H25NO7S. The van der Waals surface area contributed by atoms with Gasteiger partial charge in [0.25, 0.3) is 5.91 Å². The van der Waals surface area contributed by atoms with Crippen LogP contribution in [0.3, 0.4) is 0 Å². The molecule has 0 spiro atoms. The number of methoxy groups -OCH3 is 2. The van der Waals surface area contributed by atoms with Crippen LogP contribution in [0.4, 0.5) is 5.69 Å². The molecule has 0 bridgehead atoms. The Morgan fingerprint density at radius 1 is 1.07 bits per heavy atom. The molecule has 1 aromatic heterocycles. The van der Waals surface area contributed by atoms with Crippen molar-refractivity contribution in [3.8, 4) is 11.5 Å². The number of carbonyl (C=O) groups excluding carboxylic acids is 3. The maximum Gasteiger partial charge on any atom is 0.350 e. The minimum Gasteiger partial charge on any atom is -0.493 e. The Bertz CT molecular complexity index is 891. The van der Waals surface area contributed by atoms with E-state index >= 15 is 0 Å². The summed E-state index contributed by atoms with van der Waals surface area (Å²) in [6, 6.07) is 6.24. The van der Waals surface area contributed by atoms with E-state index in [1.165, 1.54) is 20.3 Å². The summed E-state index contributed by atoms with van der Waals surface area (Å²) in [7, 11) is 2.73. The van der Waals surface area contributed by atoms with Gasteiger partial charge in [-0.05, 0) is 42.0 Å². The van der Waals surface area contributed by atoms with E-state index in [2.05, 4.69) is 23.9 Å². The van der Waals surface area contributed by atoms with Gasteiger partial charge in [-0.25, -0.2) is 9.59 Å². The zero-order valence-corrected chi connectivity index (χ0v) is 18.2. The van der Waals surface area contributed by atoms with Gasteiger partial charge in [0.05, 0.1) is 32.1 Å². The number of benzene rings is 1. The molecule has 0 aliphatic heterocycles. The molecule has 9 heteroatoms. The topological polar surface area (TPSA) is 100 Å². The lowest BCUT2D eigenvalue weighted by Crippen LogP contribution is -2.21. The molecule has 0 radical (unpaired) electrons. The number of ether oxygens (including phenoxy) is 4. The molecule has 162 valence electrons. The van der Waals surface area contributed by atoms with E-state index in [9.17, 15) is 14.4 Å². The van der Waals surface area contributed by atoms with Crippen LogP contribution in [0.5, 0.6) is 11.5 Å². The summed E-state index contributed by atoms with van der Waals surface area (Å²) < 4.78 is 20.7. The highest BCUT2D eigenvalue weighted by atomic mass is 32.1. The van der Waals surface area contributed by atoms with Crippen LogP contribution in [-0.4, -0.2) is 45.3 Å².